The Labute approximate surface area is 162 Å². The van der Waals surface area contributed by atoms with Crippen LogP contribution in [0.1, 0.15) is 38.7 Å². The Balaban J connectivity index is 1.82. The second-order valence-corrected chi connectivity index (χ2v) is 7.39. The summed E-state index contributed by atoms with van der Waals surface area (Å²) in [5, 5.41) is 9.03. The van der Waals surface area contributed by atoms with Gasteiger partial charge in [0.25, 0.3) is 0 Å². The fourth-order valence-corrected chi connectivity index (χ4v) is 3.90. The van der Waals surface area contributed by atoms with Crippen LogP contribution >= 0.6 is 0 Å². The molecule has 0 spiro atoms. The number of nitrogens with zero attached hydrogens (tertiary/aromatic N) is 2. The molecule has 0 bridgehead atoms. The first-order valence-corrected chi connectivity index (χ1v) is 9.80. The molecule has 1 aliphatic rings. The van der Waals surface area contributed by atoms with Crippen molar-refractivity contribution < 1.29 is 19.4 Å². The summed E-state index contributed by atoms with van der Waals surface area (Å²) in [7, 11) is 1.67. The molecule has 27 heavy (non-hydrogen) atoms. The Hall–Kier alpha value is -2.08. The molecule has 1 saturated heterocycles. The summed E-state index contributed by atoms with van der Waals surface area (Å²) in [4.78, 5) is 27.6. The number of hydrogen-bond donors (Lipinski definition) is 1. The molecule has 1 aliphatic heterocycles. The smallest absolute Gasteiger partial charge is 0.317 e. The number of ether oxygens (including phenoxy) is 1. The first-order valence-electron chi connectivity index (χ1n) is 9.80. The number of carbonyl (C=O) groups is 2. The number of likely N-dealkylation sites (N-methyl/N-ethyl adjacent to an activating group) is 1. The van der Waals surface area contributed by atoms with E-state index in [1.165, 1.54) is 0 Å². The number of likely N-dealkylation sites (tertiary alicyclic amines) is 1. The highest BCUT2D eigenvalue weighted by atomic mass is 16.5. The fraction of sp³-hybridized carbons (Fsp3) is 0.619. The third-order valence-corrected chi connectivity index (χ3v) is 5.36. The van der Waals surface area contributed by atoms with Crippen molar-refractivity contribution in [2.24, 2.45) is 5.92 Å². The maximum atomic E-state index is 12.7. The number of aliphatic carboxylic acids is 1. The highest BCUT2D eigenvalue weighted by Gasteiger charge is 2.27. The normalized spacial score (nSPS) is 16.4. The molecular weight excluding hydrogens is 344 g/mol. The molecule has 0 radical (unpaired) electrons. The predicted octanol–water partition coefficient (Wildman–Crippen LogP) is 2.66. The minimum absolute atomic E-state index is 0.0745. The van der Waals surface area contributed by atoms with Crippen LogP contribution in [0.15, 0.2) is 24.3 Å². The number of hydrogen-bond acceptors (Lipinski definition) is 4. The van der Waals surface area contributed by atoms with Gasteiger partial charge in [-0.15, -0.1) is 0 Å². The summed E-state index contributed by atoms with van der Waals surface area (Å²) in [6, 6.07) is 8.19. The van der Waals surface area contributed by atoms with E-state index in [9.17, 15) is 9.59 Å². The molecule has 1 atom stereocenters. The first-order chi connectivity index (χ1) is 12.9. The first kappa shape index (κ1) is 21.2. The number of benzene rings is 1. The number of methoxy groups -OCH3 is 1. The van der Waals surface area contributed by atoms with Crippen LogP contribution in [-0.2, 0) is 16.0 Å². The Morgan fingerprint density at radius 2 is 1.96 bits per heavy atom. The van der Waals surface area contributed by atoms with Crippen LogP contribution in [0.3, 0.4) is 0 Å². The largest absolute Gasteiger partial charge is 0.496 e. The van der Waals surface area contributed by atoms with Crippen molar-refractivity contribution in [1.29, 1.82) is 0 Å². The number of carboxylic acids is 1. The molecule has 1 unspecified atom stereocenters. The van der Waals surface area contributed by atoms with Crippen LogP contribution in [-0.4, -0.2) is 66.1 Å². The Morgan fingerprint density at radius 1 is 1.30 bits per heavy atom. The number of para-hydroxylation sites is 1. The van der Waals surface area contributed by atoms with Gasteiger partial charge in [0.15, 0.2) is 0 Å². The second kappa shape index (κ2) is 10.3. The van der Waals surface area contributed by atoms with Crippen LogP contribution in [0.2, 0.25) is 0 Å². The third-order valence-electron chi connectivity index (χ3n) is 5.36. The van der Waals surface area contributed by atoms with E-state index in [2.05, 4.69) is 6.92 Å². The molecule has 1 N–H and O–H groups in total. The van der Waals surface area contributed by atoms with E-state index >= 15 is 0 Å². The number of carbonyl (C=O) groups excluding carboxylic acids is 1. The average molecular weight is 376 g/mol. The molecule has 6 heteroatoms. The van der Waals surface area contributed by atoms with Gasteiger partial charge >= 0.3 is 5.97 Å². The molecule has 150 valence electrons. The monoisotopic (exact) mass is 376 g/mol. The lowest BCUT2D eigenvalue weighted by Gasteiger charge is -2.37. The van der Waals surface area contributed by atoms with E-state index in [1.54, 1.807) is 7.11 Å². The molecule has 0 aromatic heterocycles. The van der Waals surface area contributed by atoms with Gasteiger partial charge in [0.1, 0.15) is 5.75 Å². The third kappa shape index (κ3) is 6.24. The Bertz CT molecular complexity index is 626. The number of rotatable bonds is 9. The maximum Gasteiger partial charge on any atom is 0.317 e. The van der Waals surface area contributed by atoms with Crippen molar-refractivity contribution in [2.75, 3.05) is 33.3 Å². The van der Waals surface area contributed by atoms with E-state index in [4.69, 9.17) is 9.84 Å². The summed E-state index contributed by atoms with van der Waals surface area (Å²) in [5.74, 6) is 0.513. The summed E-state index contributed by atoms with van der Waals surface area (Å²) >= 11 is 0. The molecule has 2 rings (SSSR count). The van der Waals surface area contributed by atoms with Crippen molar-refractivity contribution in [2.45, 2.75) is 45.6 Å². The summed E-state index contributed by atoms with van der Waals surface area (Å²) in [6.45, 7) is 6.30. The van der Waals surface area contributed by atoms with E-state index in [1.807, 2.05) is 41.0 Å². The maximum absolute atomic E-state index is 12.7. The lowest BCUT2D eigenvalue weighted by molar-refractivity contribution is -0.140. The van der Waals surface area contributed by atoms with Crippen LogP contribution in [0, 0.1) is 5.92 Å². The highest BCUT2D eigenvalue weighted by Crippen LogP contribution is 2.23. The number of piperidine rings is 1. The van der Waals surface area contributed by atoms with Crippen LogP contribution in [0.5, 0.6) is 5.75 Å². The SMILES string of the molecule is CCN(CC(=O)O)C1CCN(C(=O)CC(C)Cc2ccccc2OC)CC1. The summed E-state index contributed by atoms with van der Waals surface area (Å²) in [6.07, 6.45) is 3.02. The quantitative estimate of drug-likeness (QED) is 0.717. The zero-order valence-corrected chi connectivity index (χ0v) is 16.7. The zero-order valence-electron chi connectivity index (χ0n) is 16.7. The summed E-state index contributed by atoms with van der Waals surface area (Å²) < 4.78 is 5.40. The van der Waals surface area contributed by atoms with Gasteiger partial charge < -0.3 is 14.7 Å². The minimum Gasteiger partial charge on any atom is -0.496 e. The van der Waals surface area contributed by atoms with Crippen molar-refractivity contribution in [3.05, 3.63) is 29.8 Å². The molecule has 6 nitrogen and oxygen atoms in total. The molecule has 1 aromatic carbocycles. The zero-order chi connectivity index (χ0) is 19.8. The summed E-state index contributed by atoms with van der Waals surface area (Å²) in [5.41, 5.74) is 1.13. The van der Waals surface area contributed by atoms with E-state index in [0.29, 0.717) is 19.5 Å². The van der Waals surface area contributed by atoms with Gasteiger partial charge in [0, 0.05) is 25.6 Å². The van der Waals surface area contributed by atoms with Gasteiger partial charge in [-0.25, -0.2) is 0 Å². The molecule has 1 heterocycles. The number of amides is 1. The van der Waals surface area contributed by atoms with Crippen molar-refractivity contribution in [1.82, 2.24) is 9.80 Å². The Morgan fingerprint density at radius 3 is 2.56 bits per heavy atom. The molecule has 1 fully saturated rings. The van der Waals surface area contributed by atoms with Crippen LogP contribution in [0.25, 0.3) is 0 Å². The Kier molecular flexibility index (Phi) is 8.10. The molecule has 1 amide bonds. The molecule has 0 aliphatic carbocycles. The molecule has 1 aromatic rings. The van der Waals surface area contributed by atoms with Crippen molar-refractivity contribution in [3.8, 4) is 5.75 Å². The van der Waals surface area contributed by atoms with Crippen molar-refractivity contribution in [3.63, 3.8) is 0 Å². The predicted molar refractivity (Wildman–Crippen MR) is 105 cm³/mol. The number of carboxylic acid groups (broad SMARTS) is 1. The standard InChI is InChI=1S/C21H32N2O4/c1-4-22(15-21(25)26)18-9-11-23(12-10-18)20(24)14-16(2)13-17-7-5-6-8-19(17)27-3/h5-8,16,18H,4,9-15H2,1-3H3,(H,25,26). The van der Waals surface area contributed by atoms with Gasteiger partial charge in [-0.2, -0.15) is 0 Å². The lowest BCUT2D eigenvalue weighted by atomic mass is 9.96. The molecular formula is C21H32N2O4. The van der Waals surface area contributed by atoms with Crippen molar-refractivity contribution >= 4 is 11.9 Å². The van der Waals surface area contributed by atoms with E-state index in [-0.39, 0.29) is 24.4 Å². The van der Waals surface area contributed by atoms with E-state index < -0.39 is 5.97 Å². The minimum atomic E-state index is -0.791. The van der Waals surface area contributed by atoms with Gasteiger partial charge in [-0.3, -0.25) is 14.5 Å². The molecule has 0 saturated carbocycles. The van der Waals surface area contributed by atoms with E-state index in [0.717, 1.165) is 37.1 Å². The topological polar surface area (TPSA) is 70.1 Å². The second-order valence-electron chi connectivity index (χ2n) is 7.39. The van der Waals surface area contributed by atoms with Crippen LogP contribution in [0.4, 0.5) is 0 Å². The fourth-order valence-electron chi connectivity index (χ4n) is 3.90. The van der Waals surface area contributed by atoms with Gasteiger partial charge in [0.2, 0.25) is 5.91 Å². The van der Waals surface area contributed by atoms with Gasteiger partial charge in [0.05, 0.1) is 13.7 Å². The lowest BCUT2D eigenvalue weighted by Crippen LogP contribution is -2.48. The van der Waals surface area contributed by atoms with Gasteiger partial charge in [-0.1, -0.05) is 32.0 Å². The van der Waals surface area contributed by atoms with Crippen LogP contribution < -0.4 is 4.74 Å². The average Bonchev–Trinajstić information content (AvgIpc) is 2.66. The van der Waals surface area contributed by atoms with Gasteiger partial charge in [-0.05, 0) is 43.4 Å². The highest BCUT2D eigenvalue weighted by molar-refractivity contribution is 5.76.